The molecule has 0 heterocycles. The monoisotopic (exact) mass is 1310 g/mol. The molecule has 15 aliphatic rings. The van der Waals surface area contributed by atoms with E-state index in [1.54, 1.807) is 0 Å². The van der Waals surface area contributed by atoms with Crippen molar-refractivity contribution < 1.29 is 109 Å². The van der Waals surface area contributed by atoms with Crippen molar-refractivity contribution in [2.75, 3.05) is 40.2 Å². The van der Waals surface area contributed by atoms with Crippen LogP contribution >= 0.6 is 0 Å². The second-order valence-corrected chi connectivity index (χ2v) is 31.5. The summed E-state index contributed by atoms with van der Waals surface area (Å²) in [6.07, 6.45) is 16.4. The Morgan fingerprint density at radius 1 is 0.422 bits per heavy atom. The third kappa shape index (κ3) is 12.4. The number of rotatable bonds is 19. The number of ether oxygens (including phenoxy) is 6. The molecule has 15 aliphatic carbocycles. The summed E-state index contributed by atoms with van der Waals surface area (Å²) in [7, 11) is 0. The number of carbonyl (C=O) groups is 3. The molecule has 0 N–H and O–H groups in total. The summed E-state index contributed by atoms with van der Waals surface area (Å²) in [5, 5.41) is 0. The average Bonchev–Trinajstić information content (AvgIpc) is 1.35. The lowest BCUT2D eigenvalue weighted by Gasteiger charge is -2.56. The lowest BCUT2D eigenvalue weighted by Crippen LogP contribution is -2.66. The highest BCUT2D eigenvalue weighted by Gasteiger charge is 2.79. The smallest absolute Gasteiger partial charge is 0.317 e. The highest BCUT2D eigenvalue weighted by molar-refractivity contribution is 5.78. The number of carbonyl (C=O) groups excluding carboxylic acids is 3. The van der Waals surface area contributed by atoms with Crippen LogP contribution < -0.4 is 0 Å². The minimum absolute atomic E-state index is 0.0735. The summed E-state index contributed by atoms with van der Waals surface area (Å²) >= 11 is 0. The molecule has 0 amide bonds. The van der Waals surface area contributed by atoms with Crippen LogP contribution in [0, 0.1) is 105 Å². The lowest BCUT2D eigenvalue weighted by atomic mass is 9.49. The molecule has 9 unspecified atom stereocenters. The van der Waals surface area contributed by atoms with Gasteiger partial charge in [-0.2, -0.15) is 0 Å². The summed E-state index contributed by atoms with van der Waals surface area (Å²) in [5.41, 5.74) is -12.8. The molecule has 15 rings (SSSR count). The number of hydrogen-bond donors (Lipinski definition) is 0. The molecule has 0 aromatic heterocycles. The van der Waals surface area contributed by atoms with E-state index in [4.69, 9.17) is 28.4 Å². The molecule has 12 bridgehead atoms. The number of hydrogen-bond acceptors (Lipinski definition) is 9. The molecule has 0 aliphatic heterocycles. The molecular weight excluding hydrogens is 1220 g/mol. The zero-order valence-corrected chi connectivity index (χ0v) is 52.7. The van der Waals surface area contributed by atoms with Gasteiger partial charge in [-0.05, 0) is 226 Å². The maximum atomic E-state index is 14.9. The van der Waals surface area contributed by atoms with Gasteiger partial charge in [0, 0.05) is 25.7 Å². The number of alkyl halides is 15. The standard InChI is InChI=1S/3C22H31F5O3/c1-13-3-17(22(26,27)21(25,7-13)19(2,23)24)11-29-12-30-18(28)20-8-14-4-15(9-20)6-16(5-14)10-20;1-3-16-7-17(22(26,27)21(16,25)19(2,23)24)18(28)30-12-29-11-20-8-13-4-14(9-20)6-15(5-13)10-20;1-3-16-7-17(22(26,27)19(2,23)21(16,24)25)11-29-12-30-18(28)20-8-13-4-14(9-20)6-15(5-13)10-20/h3*13-17H,3-12H2,1-2H3. The molecule has 15 fully saturated rings. The fourth-order valence-electron chi connectivity index (χ4n) is 21.5. The maximum Gasteiger partial charge on any atom is 0.317 e. The first-order valence-corrected chi connectivity index (χ1v) is 33.3. The van der Waals surface area contributed by atoms with Crippen LogP contribution in [0.2, 0.25) is 0 Å². The second-order valence-electron chi connectivity index (χ2n) is 31.5. The molecular formula is C66H93F15O9. The topological polar surface area (TPSA) is 107 Å². The minimum Gasteiger partial charge on any atom is -0.438 e. The Balaban J connectivity index is 0.000000148. The first kappa shape index (κ1) is 70.1. The summed E-state index contributed by atoms with van der Waals surface area (Å²) in [4.78, 5) is 37.8. The summed E-state index contributed by atoms with van der Waals surface area (Å²) in [6, 6.07) is 0. The molecule has 9 nitrogen and oxygen atoms in total. The van der Waals surface area contributed by atoms with Crippen LogP contribution in [0.4, 0.5) is 65.9 Å². The Bertz CT molecular complexity index is 2400. The molecule has 0 aromatic rings. The highest BCUT2D eigenvalue weighted by Crippen LogP contribution is 2.66. The molecule has 0 saturated heterocycles. The molecule has 0 spiro atoms. The van der Waals surface area contributed by atoms with Crippen LogP contribution in [0.15, 0.2) is 0 Å². The van der Waals surface area contributed by atoms with Crippen molar-refractivity contribution >= 4 is 17.9 Å². The van der Waals surface area contributed by atoms with Crippen molar-refractivity contribution in [1.82, 2.24) is 0 Å². The maximum absolute atomic E-state index is 14.9. The van der Waals surface area contributed by atoms with E-state index in [0.29, 0.717) is 42.1 Å². The zero-order valence-electron chi connectivity index (χ0n) is 52.7. The molecule has 24 heteroatoms. The van der Waals surface area contributed by atoms with E-state index in [9.17, 15) is 80.2 Å². The highest BCUT2D eigenvalue weighted by atomic mass is 19.3. The van der Waals surface area contributed by atoms with Gasteiger partial charge in [-0.1, -0.05) is 20.8 Å². The van der Waals surface area contributed by atoms with Gasteiger partial charge in [0.15, 0.2) is 20.4 Å². The van der Waals surface area contributed by atoms with Crippen LogP contribution in [-0.4, -0.2) is 111 Å². The van der Waals surface area contributed by atoms with Crippen molar-refractivity contribution in [1.29, 1.82) is 0 Å². The first-order chi connectivity index (χ1) is 41.7. The van der Waals surface area contributed by atoms with Crippen LogP contribution in [0.25, 0.3) is 0 Å². The molecule has 0 radical (unpaired) electrons. The third-order valence-corrected chi connectivity index (χ3v) is 24.8. The first-order valence-electron chi connectivity index (χ1n) is 33.3. The Morgan fingerprint density at radius 2 is 0.789 bits per heavy atom. The van der Waals surface area contributed by atoms with Crippen molar-refractivity contribution in [3.05, 3.63) is 0 Å². The molecule has 0 aromatic carbocycles. The Hall–Kier alpha value is -2.76. The Kier molecular flexibility index (Phi) is 19.2. The van der Waals surface area contributed by atoms with Crippen LogP contribution in [0.5, 0.6) is 0 Å². The quantitative estimate of drug-likeness (QED) is 0.0411. The van der Waals surface area contributed by atoms with Gasteiger partial charge in [-0.25, -0.2) is 65.9 Å². The third-order valence-electron chi connectivity index (χ3n) is 24.8. The van der Waals surface area contributed by atoms with Crippen LogP contribution in [-0.2, 0) is 42.8 Å². The van der Waals surface area contributed by atoms with Gasteiger partial charge in [0.1, 0.15) is 5.92 Å². The van der Waals surface area contributed by atoms with Gasteiger partial charge in [-0.3, -0.25) is 14.4 Å². The van der Waals surface area contributed by atoms with E-state index < -0.39 is 158 Å². The average molecular weight is 1320 g/mol. The fourth-order valence-corrected chi connectivity index (χ4v) is 21.5. The minimum atomic E-state index is -4.51. The number of esters is 3. The predicted octanol–water partition coefficient (Wildman–Crippen LogP) is 17.3. The van der Waals surface area contributed by atoms with E-state index in [1.807, 2.05) is 0 Å². The molecule has 9 atom stereocenters. The Morgan fingerprint density at radius 3 is 1.16 bits per heavy atom. The van der Waals surface area contributed by atoms with E-state index >= 15 is 0 Å². The van der Waals surface area contributed by atoms with Gasteiger partial charge in [0.05, 0.1) is 42.5 Å². The summed E-state index contributed by atoms with van der Waals surface area (Å²) < 4.78 is 247. The van der Waals surface area contributed by atoms with Gasteiger partial charge >= 0.3 is 23.8 Å². The van der Waals surface area contributed by atoms with Crippen molar-refractivity contribution in [3.8, 4) is 0 Å². The van der Waals surface area contributed by atoms with Gasteiger partial charge in [0.2, 0.25) is 17.0 Å². The summed E-state index contributed by atoms with van der Waals surface area (Å²) in [6.45, 7) is 2.51. The van der Waals surface area contributed by atoms with Crippen LogP contribution in [0.1, 0.15) is 196 Å². The van der Waals surface area contributed by atoms with E-state index in [1.165, 1.54) is 78.6 Å². The van der Waals surface area contributed by atoms with E-state index in [2.05, 4.69) is 0 Å². The lowest BCUT2D eigenvalue weighted by molar-refractivity contribution is -0.312. The molecule has 90 heavy (non-hydrogen) atoms. The Labute approximate surface area is 518 Å². The molecule has 516 valence electrons. The fraction of sp³-hybridized carbons (Fsp3) is 0.955. The normalized spacial score (nSPS) is 45.1. The van der Waals surface area contributed by atoms with Gasteiger partial charge in [0.25, 0.3) is 29.6 Å². The zero-order chi connectivity index (χ0) is 65.8. The predicted molar refractivity (Wildman–Crippen MR) is 296 cm³/mol. The SMILES string of the molecule is CC1CC(COCOC(=O)C23CC4CC(CC(C4)C2)C3)C(F)(F)C(F)(C(C)(F)F)C1.CCC1CC(C(=O)OCOCC23CC4CC(CC(C4)C2)C3)C(F)(F)C1(F)C(C)(F)F.CCC1CC(COCOC(=O)C23CC4CC(CC(C4)C2)C3)C(F)(F)C(C)(F)C1(F)F. The van der Waals surface area contributed by atoms with Crippen LogP contribution in [0.3, 0.4) is 0 Å². The van der Waals surface area contributed by atoms with E-state index in [0.717, 1.165) is 75.5 Å². The van der Waals surface area contributed by atoms with Crippen molar-refractivity contribution in [2.24, 2.45) is 105 Å². The molecule has 15 saturated carbocycles. The number of halogens is 15. The van der Waals surface area contributed by atoms with Crippen molar-refractivity contribution in [2.45, 2.75) is 248 Å². The largest absolute Gasteiger partial charge is 0.438 e. The van der Waals surface area contributed by atoms with E-state index in [-0.39, 0.29) is 57.4 Å². The van der Waals surface area contributed by atoms with Crippen molar-refractivity contribution in [3.63, 3.8) is 0 Å². The second kappa shape index (κ2) is 24.7. The van der Waals surface area contributed by atoms with Gasteiger partial charge in [-0.15, -0.1) is 0 Å². The van der Waals surface area contributed by atoms with Gasteiger partial charge < -0.3 is 28.4 Å². The summed E-state index contributed by atoms with van der Waals surface area (Å²) in [5.74, 6) is -31.5.